The monoisotopic (exact) mass is 389 g/mol. The molecule has 29 heavy (non-hydrogen) atoms. The first-order chi connectivity index (χ1) is 14.0. The minimum absolute atomic E-state index is 0.129. The molecule has 0 fully saturated rings. The Labute approximate surface area is 167 Å². The molecule has 0 aliphatic carbocycles. The van der Waals surface area contributed by atoms with E-state index in [0.29, 0.717) is 17.9 Å². The Morgan fingerprint density at radius 3 is 2.83 bits per heavy atom. The van der Waals surface area contributed by atoms with Crippen molar-refractivity contribution in [2.24, 2.45) is 4.99 Å². The van der Waals surface area contributed by atoms with Gasteiger partial charge in [0.25, 0.3) is 0 Å². The van der Waals surface area contributed by atoms with Gasteiger partial charge in [0.1, 0.15) is 11.7 Å². The van der Waals surface area contributed by atoms with Crippen molar-refractivity contribution < 1.29 is 9.18 Å². The second-order valence-corrected chi connectivity index (χ2v) is 6.95. The van der Waals surface area contributed by atoms with E-state index in [2.05, 4.69) is 25.6 Å². The molecule has 4 rings (SSSR count). The molecule has 0 saturated carbocycles. The second-order valence-electron chi connectivity index (χ2n) is 6.95. The van der Waals surface area contributed by atoms with Crippen molar-refractivity contribution in [1.29, 1.82) is 0 Å². The number of rotatable bonds is 5. The molecule has 2 heterocycles. The van der Waals surface area contributed by atoms with Crippen molar-refractivity contribution in [3.63, 3.8) is 0 Å². The van der Waals surface area contributed by atoms with Gasteiger partial charge in [-0.2, -0.15) is 0 Å². The number of nitrogens with zero attached hydrogens (tertiary/aromatic N) is 3. The van der Waals surface area contributed by atoms with Gasteiger partial charge in [-0.3, -0.25) is 19.8 Å². The number of benzene rings is 2. The number of carbonyl (C=O) groups is 1. The summed E-state index contributed by atoms with van der Waals surface area (Å²) in [4.78, 5) is 25.0. The molecule has 2 aromatic carbocycles. The van der Waals surface area contributed by atoms with Crippen LogP contribution >= 0.6 is 0 Å². The fourth-order valence-electron chi connectivity index (χ4n) is 3.27. The first-order valence-electron chi connectivity index (χ1n) is 9.27. The zero-order valence-corrected chi connectivity index (χ0v) is 16.1. The lowest BCUT2D eigenvalue weighted by Crippen LogP contribution is -2.13. The van der Waals surface area contributed by atoms with E-state index in [1.807, 2.05) is 32.0 Å². The molecule has 1 unspecified atom stereocenters. The van der Waals surface area contributed by atoms with E-state index in [4.69, 9.17) is 0 Å². The predicted octanol–water partition coefficient (Wildman–Crippen LogP) is 4.28. The Kier molecular flexibility index (Phi) is 5.03. The van der Waals surface area contributed by atoms with Crippen LogP contribution in [0.1, 0.15) is 28.4 Å². The first-order valence-corrected chi connectivity index (χ1v) is 9.27. The Balaban J connectivity index is 1.47. The number of aromatic nitrogens is 2. The van der Waals surface area contributed by atoms with Crippen LogP contribution in [0.3, 0.4) is 0 Å². The maximum Gasteiger partial charge on any atom is 0.237 e. The molecule has 1 aliphatic heterocycles. The van der Waals surface area contributed by atoms with Crippen molar-refractivity contribution in [3.05, 3.63) is 77.1 Å². The maximum atomic E-state index is 14.4. The van der Waals surface area contributed by atoms with E-state index in [-0.39, 0.29) is 5.91 Å². The number of fused-ring (bicyclic) bond motifs is 1. The number of anilines is 2. The summed E-state index contributed by atoms with van der Waals surface area (Å²) in [6.45, 7) is 4.18. The molecule has 1 aliphatic rings. The van der Waals surface area contributed by atoms with Crippen molar-refractivity contribution in [2.45, 2.75) is 26.3 Å². The van der Waals surface area contributed by atoms with Gasteiger partial charge in [-0.05, 0) is 43.2 Å². The molecular formula is C22H20FN5O. The van der Waals surface area contributed by atoms with Gasteiger partial charge in [-0.1, -0.05) is 12.1 Å². The average molecular weight is 389 g/mol. The van der Waals surface area contributed by atoms with Crippen LogP contribution in [0, 0.1) is 19.7 Å². The fourth-order valence-corrected chi connectivity index (χ4v) is 3.27. The summed E-state index contributed by atoms with van der Waals surface area (Å²) in [5, 5.41) is 5.86. The number of amides is 1. The van der Waals surface area contributed by atoms with Crippen LogP contribution in [0.4, 0.5) is 21.5 Å². The Bertz CT molecular complexity index is 1090. The number of aryl methyl sites for hydroxylation is 2. The highest BCUT2D eigenvalue weighted by Gasteiger charge is 2.30. The normalized spacial score (nSPS) is 15.4. The Morgan fingerprint density at radius 2 is 2.07 bits per heavy atom. The molecule has 3 aromatic rings. The SMILES string of the molecule is Cc1cnc(CNc2ccc(N=CC3C(=O)Nc4cccc(C)c43)cc2F)cn1. The van der Waals surface area contributed by atoms with Crippen LogP contribution in [0.2, 0.25) is 0 Å². The minimum Gasteiger partial charge on any atom is -0.377 e. The number of hydrogen-bond donors (Lipinski definition) is 2. The molecule has 6 nitrogen and oxygen atoms in total. The smallest absolute Gasteiger partial charge is 0.237 e. The van der Waals surface area contributed by atoms with Crippen LogP contribution in [-0.2, 0) is 11.3 Å². The highest BCUT2D eigenvalue weighted by Crippen LogP contribution is 2.34. The van der Waals surface area contributed by atoms with E-state index in [1.165, 1.54) is 6.07 Å². The quantitative estimate of drug-likeness (QED) is 0.638. The third-order valence-electron chi connectivity index (χ3n) is 4.80. The lowest BCUT2D eigenvalue weighted by Gasteiger charge is -2.08. The molecule has 2 N–H and O–H groups in total. The first kappa shape index (κ1) is 18.7. The number of nitrogens with one attached hydrogen (secondary N) is 2. The molecule has 1 amide bonds. The highest BCUT2D eigenvalue weighted by atomic mass is 19.1. The molecule has 0 saturated heterocycles. The fraction of sp³-hybridized carbons (Fsp3) is 0.182. The van der Waals surface area contributed by atoms with Gasteiger partial charge in [0.2, 0.25) is 5.91 Å². The minimum atomic E-state index is -0.479. The van der Waals surface area contributed by atoms with Crippen LogP contribution in [-0.4, -0.2) is 22.1 Å². The summed E-state index contributed by atoms with van der Waals surface area (Å²) in [7, 11) is 0. The molecule has 0 bridgehead atoms. The zero-order valence-electron chi connectivity index (χ0n) is 16.1. The van der Waals surface area contributed by atoms with Crippen LogP contribution < -0.4 is 10.6 Å². The summed E-state index contributed by atoms with van der Waals surface area (Å²) in [6.07, 6.45) is 4.90. The van der Waals surface area contributed by atoms with Gasteiger partial charge in [-0.25, -0.2) is 4.39 Å². The third kappa shape index (κ3) is 3.99. The standard InChI is InChI=1S/C22H20FN5O/c1-13-4-3-5-20-21(13)17(22(29)28-20)12-26-15-6-7-19(18(23)8-15)27-11-16-10-24-14(2)9-25-16/h3-10,12,17,27H,11H2,1-2H3,(H,28,29). The third-order valence-corrected chi connectivity index (χ3v) is 4.80. The van der Waals surface area contributed by atoms with E-state index >= 15 is 0 Å². The van der Waals surface area contributed by atoms with Gasteiger partial charge in [0.05, 0.1) is 35.5 Å². The molecule has 0 radical (unpaired) electrons. The van der Waals surface area contributed by atoms with E-state index in [1.54, 1.807) is 30.7 Å². The zero-order chi connectivity index (χ0) is 20.4. The second kappa shape index (κ2) is 7.79. The van der Waals surface area contributed by atoms with Crippen molar-refractivity contribution in [1.82, 2.24) is 9.97 Å². The van der Waals surface area contributed by atoms with E-state index < -0.39 is 11.7 Å². The topological polar surface area (TPSA) is 79.3 Å². The number of carbonyl (C=O) groups excluding carboxylic acids is 1. The highest BCUT2D eigenvalue weighted by molar-refractivity contribution is 6.13. The molecule has 1 aromatic heterocycles. The van der Waals surface area contributed by atoms with Gasteiger partial charge >= 0.3 is 0 Å². The summed E-state index contributed by atoms with van der Waals surface area (Å²) >= 11 is 0. The van der Waals surface area contributed by atoms with Gasteiger partial charge in [-0.15, -0.1) is 0 Å². The van der Waals surface area contributed by atoms with E-state index in [9.17, 15) is 9.18 Å². The average Bonchev–Trinajstić information content (AvgIpc) is 3.03. The number of hydrogen-bond acceptors (Lipinski definition) is 5. The molecular weight excluding hydrogens is 369 g/mol. The Hall–Kier alpha value is -3.61. The van der Waals surface area contributed by atoms with Crippen LogP contribution in [0.25, 0.3) is 0 Å². The van der Waals surface area contributed by atoms with Crippen molar-refractivity contribution >= 4 is 29.2 Å². The summed E-state index contributed by atoms with van der Waals surface area (Å²) in [5.74, 6) is -1.03. The van der Waals surface area contributed by atoms with Crippen molar-refractivity contribution in [2.75, 3.05) is 10.6 Å². The lowest BCUT2D eigenvalue weighted by molar-refractivity contribution is -0.115. The molecule has 146 valence electrons. The largest absolute Gasteiger partial charge is 0.377 e. The predicted molar refractivity (Wildman–Crippen MR) is 111 cm³/mol. The van der Waals surface area contributed by atoms with Gasteiger partial charge < -0.3 is 10.6 Å². The van der Waals surface area contributed by atoms with Crippen LogP contribution in [0.15, 0.2) is 53.8 Å². The van der Waals surface area contributed by atoms with Crippen LogP contribution in [0.5, 0.6) is 0 Å². The number of aliphatic imine (C=N–C) groups is 1. The van der Waals surface area contributed by atoms with Gasteiger partial charge in [0.15, 0.2) is 0 Å². The molecule has 1 atom stereocenters. The summed E-state index contributed by atoms with van der Waals surface area (Å²) in [5.41, 5.74) is 5.08. The summed E-state index contributed by atoms with van der Waals surface area (Å²) in [6, 6.07) is 10.4. The lowest BCUT2D eigenvalue weighted by atomic mass is 9.97. The molecule has 7 heteroatoms. The van der Waals surface area contributed by atoms with E-state index in [0.717, 1.165) is 28.2 Å². The summed E-state index contributed by atoms with van der Waals surface area (Å²) < 4.78 is 14.4. The Morgan fingerprint density at radius 1 is 1.21 bits per heavy atom. The van der Waals surface area contributed by atoms with Crippen molar-refractivity contribution in [3.8, 4) is 0 Å². The van der Waals surface area contributed by atoms with Gasteiger partial charge in [0, 0.05) is 24.2 Å². The maximum absolute atomic E-state index is 14.4. The molecule has 0 spiro atoms. The number of halogens is 1.